The van der Waals surface area contributed by atoms with Crippen LogP contribution in [0, 0.1) is 0 Å². The predicted octanol–water partition coefficient (Wildman–Crippen LogP) is 4.41. The number of nitrogens with one attached hydrogen (secondary N) is 3. The van der Waals surface area contributed by atoms with Crippen molar-refractivity contribution in [1.29, 1.82) is 0 Å². The molecule has 0 amide bonds. The van der Waals surface area contributed by atoms with Crippen molar-refractivity contribution >= 4 is 28.0 Å². The van der Waals surface area contributed by atoms with Crippen LogP contribution < -0.4 is 10.2 Å². The third-order valence-corrected chi connectivity index (χ3v) is 4.02. The van der Waals surface area contributed by atoms with Crippen LogP contribution in [0.4, 0.5) is 17.2 Å². The molecule has 0 aromatic heterocycles. The molecule has 2 aromatic carbocycles. The summed E-state index contributed by atoms with van der Waals surface area (Å²) in [5.74, 6) is 0.990. The Kier molecular flexibility index (Phi) is 2.82. The van der Waals surface area contributed by atoms with Crippen LogP contribution in [0.5, 0.6) is 0 Å². The molecule has 0 radical (unpaired) electrons. The maximum Gasteiger partial charge on any atom is 0.132 e. The lowest BCUT2D eigenvalue weighted by Crippen LogP contribution is -2.07. The van der Waals surface area contributed by atoms with Crippen LogP contribution in [-0.2, 0) is 0 Å². The molecule has 4 nitrogen and oxygen atoms in total. The van der Waals surface area contributed by atoms with E-state index < -0.39 is 0 Å². The van der Waals surface area contributed by atoms with Crippen LogP contribution >= 0.6 is 0 Å². The number of hydrogen-bond donors (Lipinski definition) is 3. The van der Waals surface area contributed by atoms with Crippen LogP contribution in [0.15, 0.2) is 54.6 Å². The number of para-hydroxylation sites is 1. The maximum atomic E-state index is 3.43. The topological polar surface area (TPSA) is 46.9 Å². The molecule has 3 N–H and O–H groups in total. The Morgan fingerprint density at radius 1 is 0.909 bits per heavy atom. The fourth-order valence-electron chi connectivity index (χ4n) is 2.84. The molecule has 0 fully saturated rings. The zero-order valence-corrected chi connectivity index (χ0v) is 12.6. The zero-order chi connectivity index (χ0) is 15.1. The molecule has 0 atom stereocenters. The van der Waals surface area contributed by atoms with E-state index in [2.05, 4.69) is 70.9 Å². The maximum absolute atomic E-state index is 3.43. The number of anilines is 3. The van der Waals surface area contributed by atoms with E-state index in [-0.39, 0.29) is 0 Å². The van der Waals surface area contributed by atoms with Crippen LogP contribution in [-0.4, -0.2) is 24.3 Å². The average Bonchev–Trinajstić information content (AvgIpc) is 3.07. The summed E-state index contributed by atoms with van der Waals surface area (Å²) in [6.45, 7) is 0. The van der Waals surface area contributed by atoms with E-state index in [9.17, 15) is 0 Å². The number of H-pyrrole nitrogens is 2. The Bertz CT molecular complexity index is 886. The van der Waals surface area contributed by atoms with Gasteiger partial charge in [-0.2, -0.15) is 0 Å². The van der Waals surface area contributed by atoms with Crippen LogP contribution in [0.2, 0.25) is 0 Å². The molecule has 4 rings (SSSR count). The summed E-state index contributed by atoms with van der Waals surface area (Å²) in [6.07, 6.45) is 0. The molecule has 0 saturated carbocycles. The highest BCUT2D eigenvalue weighted by molar-refractivity contribution is 6.05. The number of hydrogen-bond acceptors (Lipinski definition) is 2. The van der Waals surface area contributed by atoms with Crippen molar-refractivity contribution in [3.8, 4) is 11.3 Å². The van der Waals surface area contributed by atoms with Gasteiger partial charge >= 0.3 is 0 Å². The molecule has 0 bridgehead atoms. The van der Waals surface area contributed by atoms with Gasteiger partial charge in [0.25, 0.3) is 0 Å². The summed E-state index contributed by atoms with van der Waals surface area (Å²) >= 11 is 0. The van der Waals surface area contributed by atoms with Gasteiger partial charge in [0, 0.05) is 36.4 Å². The highest BCUT2D eigenvalue weighted by atomic mass is 15.2. The fourth-order valence-corrected chi connectivity index (χ4v) is 2.84. The predicted molar refractivity (Wildman–Crippen MR) is 93.3 cm³/mol. The van der Waals surface area contributed by atoms with Gasteiger partial charge in [-0.05, 0) is 35.7 Å². The number of aromatic nitrogens is 2. The van der Waals surface area contributed by atoms with Crippen LogP contribution in [0.25, 0.3) is 22.0 Å². The quantitative estimate of drug-likeness (QED) is 0.523. The Hall–Kier alpha value is -2.88. The van der Waals surface area contributed by atoms with E-state index in [1.54, 1.807) is 0 Å². The number of nitrogens with zero attached hydrogens (tertiary/aromatic N) is 1. The summed E-state index contributed by atoms with van der Waals surface area (Å²) in [4.78, 5) is 2.12. The molecular weight excluding hydrogens is 272 g/mol. The fraction of sp³-hybridized carbons (Fsp3) is 0.111. The lowest BCUT2D eigenvalue weighted by molar-refractivity contribution is 1.11. The summed E-state index contributed by atoms with van der Waals surface area (Å²) < 4.78 is 0. The summed E-state index contributed by atoms with van der Waals surface area (Å²) in [6, 6.07) is 18.9. The molecule has 110 valence electrons. The minimum atomic E-state index is 0.990. The lowest BCUT2D eigenvalue weighted by atomic mass is 10.2. The standard InChI is InChI=1S/C18H18N4/c1-22(2)14-8-9-15-12(10-14)11-16-17(15)20-21-18(16)19-13-6-4-3-5-7-13/h3-11,19-21H,1-2H3. The highest BCUT2D eigenvalue weighted by Gasteiger charge is 2.17. The lowest BCUT2D eigenvalue weighted by Gasteiger charge is -2.11. The normalized spacial score (nSPS) is 11.2. The number of aromatic amines is 2. The second kappa shape index (κ2) is 4.84. The van der Waals surface area contributed by atoms with Crippen LogP contribution in [0.1, 0.15) is 0 Å². The first-order chi connectivity index (χ1) is 10.7. The van der Waals surface area contributed by atoms with Crippen LogP contribution in [0.3, 0.4) is 0 Å². The van der Waals surface area contributed by atoms with E-state index in [1.165, 1.54) is 22.0 Å². The molecule has 1 aliphatic carbocycles. The highest BCUT2D eigenvalue weighted by Crippen LogP contribution is 2.39. The number of rotatable bonds is 3. The molecule has 2 aromatic rings. The van der Waals surface area contributed by atoms with Crippen molar-refractivity contribution < 1.29 is 0 Å². The van der Waals surface area contributed by atoms with E-state index in [0.29, 0.717) is 0 Å². The van der Waals surface area contributed by atoms with Crippen molar-refractivity contribution in [3.05, 3.63) is 54.6 Å². The van der Waals surface area contributed by atoms with E-state index in [1.807, 2.05) is 18.2 Å². The summed E-state index contributed by atoms with van der Waals surface area (Å²) in [5.41, 5.74) is 4.59. The minimum Gasteiger partial charge on any atom is -0.378 e. The Labute approximate surface area is 129 Å². The SMILES string of the molecule is CN(C)c1ccc2c3[nH][nH]c(Nc4ccccc4)c-3cc2c1. The molecule has 22 heavy (non-hydrogen) atoms. The number of fused-ring (bicyclic) bond motifs is 3. The van der Waals surface area contributed by atoms with Gasteiger partial charge in [-0.15, -0.1) is 0 Å². The van der Waals surface area contributed by atoms with Gasteiger partial charge < -0.3 is 10.2 Å². The van der Waals surface area contributed by atoms with Gasteiger partial charge in [0.05, 0.1) is 5.69 Å². The average molecular weight is 290 g/mol. The van der Waals surface area contributed by atoms with E-state index >= 15 is 0 Å². The van der Waals surface area contributed by atoms with Gasteiger partial charge in [0.15, 0.2) is 0 Å². The first-order valence-electron chi connectivity index (χ1n) is 7.34. The van der Waals surface area contributed by atoms with Crippen molar-refractivity contribution in [2.45, 2.75) is 0 Å². The minimum absolute atomic E-state index is 0.990. The van der Waals surface area contributed by atoms with Gasteiger partial charge in [-0.3, -0.25) is 10.2 Å². The second-order valence-electron chi connectivity index (χ2n) is 5.72. The van der Waals surface area contributed by atoms with Gasteiger partial charge in [-0.1, -0.05) is 24.3 Å². The molecule has 2 aliphatic rings. The first kappa shape index (κ1) is 12.8. The zero-order valence-electron chi connectivity index (χ0n) is 12.6. The summed E-state index contributed by atoms with van der Waals surface area (Å²) in [7, 11) is 4.12. The molecule has 0 spiro atoms. The molecule has 1 aliphatic heterocycles. The van der Waals surface area contributed by atoms with Crippen molar-refractivity contribution in [3.63, 3.8) is 0 Å². The van der Waals surface area contributed by atoms with Crippen molar-refractivity contribution in [2.75, 3.05) is 24.3 Å². The Balaban J connectivity index is 1.79. The molecule has 1 heterocycles. The number of benzene rings is 2. The largest absolute Gasteiger partial charge is 0.378 e. The molecule has 4 heteroatoms. The molecule has 0 saturated heterocycles. The second-order valence-corrected chi connectivity index (χ2v) is 5.72. The monoisotopic (exact) mass is 290 g/mol. The van der Waals surface area contributed by atoms with Gasteiger partial charge in [0.1, 0.15) is 5.82 Å². The molecular formula is C18H18N4. The van der Waals surface area contributed by atoms with Gasteiger partial charge in [0.2, 0.25) is 0 Å². The molecule has 0 unspecified atom stereocenters. The first-order valence-corrected chi connectivity index (χ1v) is 7.34. The van der Waals surface area contributed by atoms with Crippen molar-refractivity contribution in [1.82, 2.24) is 10.2 Å². The van der Waals surface area contributed by atoms with Crippen molar-refractivity contribution in [2.24, 2.45) is 0 Å². The third kappa shape index (κ3) is 2.00. The van der Waals surface area contributed by atoms with E-state index in [4.69, 9.17) is 0 Å². The van der Waals surface area contributed by atoms with Gasteiger partial charge in [-0.25, -0.2) is 0 Å². The Morgan fingerprint density at radius 3 is 2.50 bits per heavy atom. The van der Waals surface area contributed by atoms with E-state index in [0.717, 1.165) is 17.2 Å². The Morgan fingerprint density at radius 2 is 1.73 bits per heavy atom. The smallest absolute Gasteiger partial charge is 0.132 e. The summed E-state index contributed by atoms with van der Waals surface area (Å²) in [5, 5.41) is 12.4. The third-order valence-electron chi connectivity index (χ3n) is 4.02.